The van der Waals surface area contributed by atoms with Crippen LogP contribution in [0.5, 0.6) is 0 Å². The standard InChI is InChI=1S/C14H24N6O4.C2H4O2.Cu/c15-4-2-1-3-10(14(23)24)20-13(22)11(19-12(21)6-16)5-9-7-17-8-18-9;1-2(3)4;/h7-8,10-11H,1-6,15-16H2,(H,17,18)(H,19,21)(H,20,22)(H,23,24);1H3,(H,3,4);/q;;+2/p-2. The van der Waals surface area contributed by atoms with Crippen molar-refractivity contribution in [3.8, 4) is 0 Å². The van der Waals surface area contributed by atoms with Crippen molar-refractivity contribution in [2.75, 3.05) is 13.1 Å². The van der Waals surface area contributed by atoms with Gasteiger partial charge >= 0.3 is 17.1 Å². The number of carboxylic acid groups (broad SMARTS) is 2. The summed E-state index contributed by atoms with van der Waals surface area (Å²) in [6.45, 7) is 1.17. The van der Waals surface area contributed by atoms with Crippen molar-refractivity contribution in [1.82, 2.24) is 15.3 Å². The molecule has 2 unspecified atom stereocenters. The molecule has 1 aromatic heterocycles. The summed E-state index contributed by atoms with van der Waals surface area (Å²) in [5.41, 5.74) is 11.2. The average Bonchev–Trinajstić information content (AvgIpc) is 3.12. The van der Waals surface area contributed by atoms with Gasteiger partial charge in [-0.2, -0.15) is 0 Å². The second-order valence-corrected chi connectivity index (χ2v) is 5.71. The van der Waals surface area contributed by atoms with Gasteiger partial charge in [-0.25, -0.2) is 4.98 Å². The van der Waals surface area contributed by atoms with E-state index in [1.54, 1.807) is 0 Å². The van der Waals surface area contributed by atoms with E-state index in [-0.39, 0.29) is 36.5 Å². The molecule has 0 saturated carbocycles. The molecule has 0 aromatic carbocycles. The summed E-state index contributed by atoms with van der Waals surface area (Å²) in [5.74, 6) is -3.57. The van der Waals surface area contributed by atoms with Crippen molar-refractivity contribution in [3.63, 3.8) is 0 Å². The van der Waals surface area contributed by atoms with E-state index >= 15 is 0 Å². The number of carbonyl (C=O) groups is 3. The minimum absolute atomic E-state index is 0. The molecule has 7 N–H and O–H groups in total. The number of unbranched alkanes of at least 4 members (excludes halogenated alkanes) is 1. The maximum atomic E-state index is 12.3. The average molecular weight is 462 g/mol. The predicted molar refractivity (Wildman–Crippen MR) is 95.7 cm³/mol. The fourth-order valence-electron chi connectivity index (χ4n) is 2.04. The van der Waals surface area contributed by atoms with E-state index in [1.807, 2.05) is 0 Å². The monoisotopic (exact) mass is 461 g/mol. The number of aliphatic carboxylic acids is 2. The minimum atomic E-state index is -1.40. The summed E-state index contributed by atoms with van der Waals surface area (Å²) in [6.07, 6.45) is 4.33. The number of aromatic nitrogens is 2. The van der Waals surface area contributed by atoms with Gasteiger partial charge in [0.1, 0.15) is 6.04 Å². The van der Waals surface area contributed by atoms with Crippen molar-refractivity contribution in [1.29, 1.82) is 0 Å². The zero-order chi connectivity index (χ0) is 21.5. The van der Waals surface area contributed by atoms with Crippen molar-refractivity contribution >= 4 is 23.7 Å². The molecule has 12 nitrogen and oxygen atoms in total. The molecule has 0 aliphatic rings. The first-order valence-corrected chi connectivity index (χ1v) is 8.53. The first-order valence-electron chi connectivity index (χ1n) is 8.53. The third kappa shape index (κ3) is 14.2. The van der Waals surface area contributed by atoms with Crippen LogP contribution in [-0.4, -0.2) is 64.0 Å². The van der Waals surface area contributed by atoms with Crippen molar-refractivity contribution in [2.45, 2.75) is 44.7 Å². The van der Waals surface area contributed by atoms with Gasteiger partial charge in [-0.1, -0.05) is 0 Å². The number of H-pyrrole nitrogens is 1. The molecule has 29 heavy (non-hydrogen) atoms. The maximum Gasteiger partial charge on any atom is 2.00 e. The summed E-state index contributed by atoms with van der Waals surface area (Å²) in [7, 11) is 0. The molecule has 167 valence electrons. The largest absolute Gasteiger partial charge is 2.00 e. The van der Waals surface area contributed by atoms with Crippen LogP contribution in [0.15, 0.2) is 17.5 Å². The third-order valence-corrected chi connectivity index (χ3v) is 3.29. The van der Waals surface area contributed by atoms with Gasteiger partial charge < -0.3 is 41.9 Å². The first kappa shape index (κ1) is 28.7. The Morgan fingerprint density at radius 3 is 2.38 bits per heavy atom. The number of rotatable bonds is 11. The van der Waals surface area contributed by atoms with Crippen molar-refractivity contribution in [3.05, 3.63) is 18.2 Å². The smallest absolute Gasteiger partial charge is 0.861 e. The number of hydrogen-bond acceptors (Lipinski definition) is 9. The molecule has 0 bridgehead atoms. The number of carboxylic acids is 2. The van der Waals surface area contributed by atoms with Crippen molar-refractivity contribution < 1.29 is 46.8 Å². The Bertz CT molecular complexity index is 636. The number of aromatic amines is 1. The molecule has 1 radical (unpaired) electrons. The number of nitrogens with two attached hydrogens (primary N) is 2. The molecule has 13 heteroatoms. The first-order chi connectivity index (χ1) is 13.2. The Morgan fingerprint density at radius 2 is 1.93 bits per heavy atom. The summed E-state index contributed by atoms with van der Waals surface area (Å²) >= 11 is 0. The van der Waals surface area contributed by atoms with Crippen LogP contribution in [-0.2, 0) is 37.9 Å². The van der Waals surface area contributed by atoms with Gasteiger partial charge in [-0.15, -0.1) is 0 Å². The number of nitrogens with one attached hydrogen (secondary N) is 2. The molecular formula is C16H26CuN6O6. The SMILES string of the molecule is CC(=O)O.NCCCCC(NC(=O)C(Cc1cnc[nH]1)N=C([O-])CN)C(=O)[O-].[Cu+2]. The van der Waals surface area contributed by atoms with E-state index < -0.39 is 35.8 Å². The summed E-state index contributed by atoms with van der Waals surface area (Å²) in [5, 5.41) is 32.4. The van der Waals surface area contributed by atoms with E-state index in [1.165, 1.54) is 12.5 Å². The zero-order valence-corrected chi connectivity index (χ0v) is 16.8. The van der Waals surface area contributed by atoms with Gasteiger partial charge in [-0.3, -0.25) is 14.6 Å². The van der Waals surface area contributed by atoms with E-state index in [2.05, 4.69) is 20.3 Å². The number of aliphatic imine (C=N–C) groups is 1. The van der Waals surface area contributed by atoms with E-state index in [0.29, 0.717) is 25.1 Å². The van der Waals surface area contributed by atoms with Crippen LogP contribution in [0.25, 0.3) is 0 Å². The normalized spacial score (nSPS) is 12.6. The van der Waals surface area contributed by atoms with Crippen molar-refractivity contribution in [2.24, 2.45) is 16.5 Å². The minimum Gasteiger partial charge on any atom is -0.861 e. The molecule has 2 atom stereocenters. The van der Waals surface area contributed by atoms with Gasteiger partial charge in [0.2, 0.25) is 5.91 Å². The molecule has 0 fully saturated rings. The van der Waals surface area contributed by atoms with Crippen LogP contribution in [0.3, 0.4) is 0 Å². The van der Waals surface area contributed by atoms with E-state index in [4.69, 9.17) is 21.4 Å². The molecule has 1 heterocycles. The van der Waals surface area contributed by atoms with E-state index in [0.717, 1.165) is 6.92 Å². The number of nitrogens with zero attached hydrogens (tertiary/aromatic N) is 2. The quantitative estimate of drug-likeness (QED) is 0.0951. The number of hydrogen-bond donors (Lipinski definition) is 5. The maximum absolute atomic E-state index is 12.3. The van der Waals surface area contributed by atoms with Gasteiger partial charge in [0.05, 0.1) is 18.3 Å². The predicted octanol–water partition coefficient (Wildman–Crippen LogP) is -3.51. The van der Waals surface area contributed by atoms with Crippen LogP contribution >= 0.6 is 0 Å². The van der Waals surface area contributed by atoms with Crippen LogP contribution in [0.4, 0.5) is 0 Å². The number of amides is 1. The van der Waals surface area contributed by atoms with Crippen LogP contribution in [0.1, 0.15) is 31.9 Å². The molecule has 0 aliphatic carbocycles. The fourth-order valence-corrected chi connectivity index (χ4v) is 2.04. The Morgan fingerprint density at radius 1 is 1.31 bits per heavy atom. The van der Waals surface area contributed by atoms with Gasteiger partial charge in [0.15, 0.2) is 0 Å². The molecular weight excluding hydrogens is 436 g/mol. The van der Waals surface area contributed by atoms with Gasteiger partial charge in [-0.05, 0) is 31.7 Å². The van der Waals surface area contributed by atoms with Gasteiger partial charge in [0.25, 0.3) is 5.97 Å². The molecule has 0 saturated heterocycles. The number of imidazole rings is 1. The number of carbonyl (C=O) groups excluding carboxylic acids is 2. The Hall–Kier alpha value is -2.47. The second kappa shape index (κ2) is 16.5. The van der Waals surface area contributed by atoms with Gasteiger partial charge in [0, 0.05) is 31.8 Å². The van der Waals surface area contributed by atoms with Crippen LogP contribution in [0.2, 0.25) is 0 Å². The Kier molecular flexibility index (Phi) is 16.3. The summed E-state index contributed by atoms with van der Waals surface area (Å²) in [6, 6.07) is -2.27. The molecule has 1 rings (SSSR count). The molecule has 1 aromatic rings. The zero-order valence-electron chi connectivity index (χ0n) is 15.9. The molecule has 0 spiro atoms. The fraction of sp³-hybridized carbons (Fsp3) is 0.562. The second-order valence-electron chi connectivity index (χ2n) is 5.71. The molecule has 1 amide bonds. The van der Waals surface area contributed by atoms with Crippen LogP contribution in [0, 0.1) is 0 Å². The third-order valence-electron chi connectivity index (χ3n) is 3.29. The van der Waals surface area contributed by atoms with E-state index in [9.17, 15) is 19.8 Å². The topological polar surface area (TPSA) is 223 Å². The Balaban J connectivity index is 0. The Labute approximate surface area is 178 Å². The molecule has 0 aliphatic heterocycles. The summed E-state index contributed by atoms with van der Waals surface area (Å²) < 4.78 is 0. The van der Waals surface area contributed by atoms with Crippen LogP contribution < -0.4 is 27.0 Å². The summed E-state index contributed by atoms with van der Waals surface area (Å²) in [4.78, 5) is 42.8.